The number of hydrogen-bond acceptors (Lipinski definition) is 1. The lowest BCUT2D eigenvalue weighted by molar-refractivity contribution is 0.110. The average Bonchev–Trinajstić information content (AvgIpc) is 1.95. The van der Waals surface area contributed by atoms with E-state index in [1.54, 1.807) is 0 Å². The number of rotatable bonds is 1. The van der Waals surface area contributed by atoms with E-state index in [2.05, 4.69) is 13.8 Å². The van der Waals surface area contributed by atoms with Gasteiger partial charge < -0.3 is 4.43 Å². The van der Waals surface area contributed by atoms with Gasteiger partial charge in [0.15, 0.2) is 0 Å². The van der Waals surface area contributed by atoms with Gasteiger partial charge in [-0.05, 0) is 31.1 Å². The van der Waals surface area contributed by atoms with Crippen molar-refractivity contribution in [1.29, 1.82) is 0 Å². The van der Waals surface area contributed by atoms with E-state index in [4.69, 9.17) is 4.43 Å². The monoisotopic (exact) mass is 158 g/mol. The molecule has 1 aliphatic rings. The van der Waals surface area contributed by atoms with Crippen LogP contribution in [0.3, 0.4) is 0 Å². The molecule has 60 valence electrons. The highest BCUT2D eigenvalue weighted by molar-refractivity contribution is 5.98. The van der Waals surface area contributed by atoms with Crippen molar-refractivity contribution in [3.05, 3.63) is 0 Å². The Bertz CT molecular complexity index is 105. The first-order valence-electron chi connectivity index (χ1n) is 4.26. The van der Waals surface area contributed by atoms with E-state index in [1.807, 2.05) is 0 Å². The fourth-order valence-corrected chi connectivity index (χ4v) is 2.14. The van der Waals surface area contributed by atoms with E-state index in [0.29, 0.717) is 6.10 Å². The molecule has 3 unspecified atom stereocenters. The molecule has 1 rings (SSSR count). The molecule has 0 aromatic rings. The summed E-state index contributed by atoms with van der Waals surface area (Å²) in [6, 6.07) is 0. The molecule has 0 bridgehead atoms. The van der Waals surface area contributed by atoms with E-state index < -0.39 is 0 Å². The molecule has 0 radical (unpaired) electrons. The van der Waals surface area contributed by atoms with Crippen LogP contribution in [0, 0.1) is 11.8 Å². The molecular formula is C8H18OSi. The molecule has 1 aliphatic carbocycles. The second kappa shape index (κ2) is 3.53. The minimum atomic E-state index is 0.609. The van der Waals surface area contributed by atoms with Crippen LogP contribution in [-0.2, 0) is 4.43 Å². The van der Waals surface area contributed by atoms with Gasteiger partial charge in [-0.15, -0.1) is 0 Å². The molecular weight excluding hydrogens is 140 g/mol. The van der Waals surface area contributed by atoms with Gasteiger partial charge in [0.1, 0.15) is 10.5 Å². The third kappa shape index (κ3) is 1.83. The van der Waals surface area contributed by atoms with Crippen molar-refractivity contribution >= 4 is 10.5 Å². The van der Waals surface area contributed by atoms with Crippen LogP contribution in [-0.4, -0.2) is 16.6 Å². The molecule has 0 amide bonds. The maximum absolute atomic E-state index is 5.45. The van der Waals surface area contributed by atoms with Gasteiger partial charge in [-0.25, -0.2) is 0 Å². The zero-order valence-corrected chi connectivity index (χ0v) is 9.26. The van der Waals surface area contributed by atoms with Gasteiger partial charge in [-0.1, -0.05) is 13.8 Å². The minimum Gasteiger partial charge on any atom is -0.425 e. The summed E-state index contributed by atoms with van der Waals surface area (Å²) in [6.45, 7) is 4.70. The Balaban J connectivity index is 2.33. The highest BCUT2D eigenvalue weighted by atomic mass is 28.2. The van der Waals surface area contributed by atoms with Crippen molar-refractivity contribution in [2.24, 2.45) is 11.8 Å². The largest absolute Gasteiger partial charge is 0.425 e. The first kappa shape index (κ1) is 8.28. The molecule has 3 atom stereocenters. The third-order valence-electron chi connectivity index (χ3n) is 2.88. The lowest BCUT2D eigenvalue weighted by Crippen LogP contribution is -2.25. The topological polar surface area (TPSA) is 9.23 Å². The van der Waals surface area contributed by atoms with Crippen molar-refractivity contribution in [2.75, 3.05) is 0 Å². The van der Waals surface area contributed by atoms with Gasteiger partial charge >= 0.3 is 0 Å². The predicted molar refractivity (Wildman–Crippen MR) is 47.0 cm³/mol. The van der Waals surface area contributed by atoms with Gasteiger partial charge in [0.05, 0.1) is 0 Å². The zero-order valence-electron chi connectivity index (χ0n) is 7.26. The molecule has 1 fully saturated rings. The summed E-state index contributed by atoms with van der Waals surface area (Å²) in [7, 11) is 0.914. The Morgan fingerprint density at radius 1 is 1.20 bits per heavy atom. The van der Waals surface area contributed by atoms with Crippen LogP contribution >= 0.6 is 0 Å². The lowest BCUT2D eigenvalue weighted by atomic mass is 9.80. The summed E-state index contributed by atoms with van der Waals surface area (Å²) >= 11 is 0. The van der Waals surface area contributed by atoms with Gasteiger partial charge in [0.2, 0.25) is 0 Å². The van der Waals surface area contributed by atoms with Crippen LogP contribution in [0.15, 0.2) is 0 Å². The normalized spacial score (nSPS) is 42.0. The fourth-order valence-electron chi connectivity index (χ4n) is 1.71. The maximum Gasteiger partial charge on any atom is 0.146 e. The second-order valence-corrected chi connectivity index (χ2v) is 4.10. The molecule has 0 aromatic carbocycles. The van der Waals surface area contributed by atoms with Crippen LogP contribution < -0.4 is 0 Å². The maximum atomic E-state index is 5.45. The first-order valence-corrected chi connectivity index (χ1v) is 5.08. The molecule has 0 aromatic heterocycles. The predicted octanol–water partition coefficient (Wildman–Crippen LogP) is 1.11. The van der Waals surface area contributed by atoms with Crippen LogP contribution in [0.1, 0.15) is 33.1 Å². The van der Waals surface area contributed by atoms with Crippen molar-refractivity contribution in [3.8, 4) is 0 Å². The highest BCUT2D eigenvalue weighted by Crippen LogP contribution is 2.30. The summed E-state index contributed by atoms with van der Waals surface area (Å²) in [6.07, 6.45) is 4.58. The Hall–Kier alpha value is 0.177. The highest BCUT2D eigenvalue weighted by Gasteiger charge is 2.23. The van der Waals surface area contributed by atoms with E-state index in [-0.39, 0.29) is 0 Å². The average molecular weight is 158 g/mol. The molecule has 0 N–H and O–H groups in total. The summed E-state index contributed by atoms with van der Waals surface area (Å²) < 4.78 is 5.45. The van der Waals surface area contributed by atoms with Crippen molar-refractivity contribution in [3.63, 3.8) is 0 Å². The summed E-state index contributed by atoms with van der Waals surface area (Å²) in [5.74, 6) is 1.81. The molecule has 0 aliphatic heterocycles. The van der Waals surface area contributed by atoms with Gasteiger partial charge in [-0.2, -0.15) is 0 Å². The van der Waals surface area contributed by atoms with Crippen LogP contribution in [0.25, 0.3) is 0 Å². The summed E-state index contributed by atoms with van der Waals surface area (Å²) in [5.41, 5.74) is 0. The first-order chi connectivity index (χ1) is 4.74. The third-order valence-corrected chi connectivity index (χ3v) is 3.55. The fraction of sp³-hybridized carbons (Fsp3) is 1.00. The standard InChI is InChI=1S/C8H18OSi/c1-6-3-4-8(9-10)5-7(6)2/h6-8H,3-5H2,1-2,10H3. The van der Waals surface area contributed by atoms with Crippen molar-refractivity contribution in [1.82, 2.24) is 0 Å². The van der Waals surface area contributed by atoms with E-state index in [1.165, 1.54) is 19.3 Å². The van der Waals surface area contributed by atoms with Gasteiger partial charge in [0, 0.05) is 6.10 Å². The Kier molecular flexibility index (Phi) is 2.92. The Morgan fingerprint density at radius 3 is 2.40 bits per heavy atom. The molecule has 0 spiro atoms. The molecule has 2 heteroatoms. The smallest absolute Gasteiger partial charge is 0.146 e. The summed E-state index contributed by atoms with van der Waals surface area (Å²) in [5, 5.41) is 0. The van der Waals surface area contributed by atoms with E-state index >= 15 is 0 Å². The van der Waals surface area contributed by atoms with Crippen molar-refractivity contribution < 1.29 is 4.43 Å². The molecule has 1 nitrogen and oxygen atoms in total. The van der Waals surface area contributed by atoms with E-state index in [0.717, 1.165) is 22.3 Å². The quantitative estimate of drug-likeness (QED) is 0.519. The van der Waals surface area contributed by atoms with Crippen LogP contribution in [0.4, 0.5) is 0 Å². The van der Waals surface area contributed by atoms with Gasteiger partial charge in [0.25, 0.3) is 0 Å². The summed E-state index contributed by atoms with van der Waals surface area (Å²) in [4.78, 5) is 0. The Morgan fingerprint density at radius 2 is 1.90 bits per heavy atom. The SMILES string of the molecule is CC1CCC(O[SiH3])CC1C. The Labute approximate surface area is 66.7 Å². The number of hydrogen-bond donors (Lipinski definition) is 0. The second-order valence-electron chi connectivity index (χ2n) is 3.63. The van der Waals surface area contributed by atoms with E-state index in [9.17, 15) is 0 Å². The zero-order chi connectivity index (χ0) is 7.56. The van der Waals surface area contributed by atoms with Crippen LogP contribution in [0.2, 0.25) is 0 Å². The molecule has 1 saturated carbocycles. The molecule has 10 heavy (non-hydrogen) atoms. The molecule has 0 heterocycles. The molecule has 0 saturated heterocycles. The minimum absolute atomic E-state index is 0.609. The van der Waals surface area contributed by atoms with Gasteiger partial charge in [-0.3, -0.25) is 0 Å². The van der Waals surface area contributed by atoms with Crippen LogP contribution in [0.5, 0.6) is 0 Å². The lowest BCUT2D eigenvalue weighted by Gasteiger charge is -2.31. The van der Waals surface area contributed by atoms with Crippen molar-refractivity contribution in [2.45, 2.75) is 39.2 Å².